The summed E-state index contributed by atoms with van der Waals surface area (Å²) in [5.74, 6) is 1.51. The molecule has 0 amide bonds. The number of para-hydroxylation sites is 1. The van der Waals surface area contributed by atoms with Crippen molar-refractivity contribution in [3.05, 3.63) is 29.8 Å². The summed E-state index contributed by atoms with van der Waals surface area (Å²) in [6.07, 6.45) is 0.651. The van der Waals surface area contributed by atoms with Crippen LogP contribution in [0.25, 0.3) is 0 Å². The van der Waals surface area contributed by atoms with Crippen molar-refractivity contribution >= 4 is 5.84 Å². The summed E-state index contributed by atoms with van der Waals surface area (Å²) in [5.41, 5.74) is 6.81. The van der Waals surface area contributed by atoms with Crippen LogP contribution in [0.15, 0.2) is 29.3 Å². The Kier molecular flexibility index (Phi) is 3.98. The minimum atomic E-state index is 0.650. The van der Waals surface area contributed by atoms with Crippen LogP contribution in [0.2, 0.25) is 0 Å². The maximum atomic E-state index is 5.73. The van der Waals surface area contributed by atoms with Gasteiger partial charge in [-0.3, -0.25) is 4.99 Å². The first-order valence-electron chi connectivity index (χ1n) is 4.68. The molecular formula is C11H16N2O. The third-order valence-electron chi connectivity index (χ3n) is 1.93. The van der Waals surface area contributed by atoms with Gasteiger partial charge in [-0.15, -0.1) is 0 Å². The van der Waals surface area contributed by atoms with Gasteiger partial charge in [0.15, 0.2) is 0 Å². The molecule has 0 unspecified atom stereocenters. The Morgan fingerprint density at radius 1 is 1.43 bits per heavy atom. The molecule has 0 aliphatic heterocycles. The normalized spacial score (nSPS) is 11.4. The highest BCUT2D eigenvalue weighted by Crippen LogP contribution is 2.17. The van der Waals surface area contributed by atoms with E-state index in [1.165, 1.54) is 0 Å². The number of nitrogens with zero attached hydrogens (tertiary/aromatic N) is 1. The number of rotatable bonds is 4. The van der Waals surface area contributed by atoms with E-state index in [-0.39, 0.29) is 0 Å². The number of aliphatic imine (C=N–C) groups is 1. The second-order valence-corrected chi connectivity index (χ2v) is 2.95. The van der Waals surface area contributed by atoms with E-state index in [1.54, 1.807) is 7.11 Å². The van der Waals surface area contributed by atoms with Gasteiger partial charge in [0.1, 0.15) is 5.75 Å². The lowest BCUT2D eigenvalue weighted by atomic mass is 10.1. The van der Waals surface area contributed by atoms with Gasteiger partial charge in [0.05, 0.1) is 12.9 Å². The summed E-state index contributed by atoms with van der Waals surface area (Å²) >= 11 is 0. The van der Waals surface area contributed by atoms with Crippen LogP contribution in [0.3, 0.4) is 0 Å². The van der Waals surface area contributed by atoms with Crippen LogP contribution in [0.5, 0.6) is 5.75 Å². The van der Waals surface area contributed by atoms with Gasteiger partial charge >= 0.3 is 0 Å². The van der Waals surface area contributed by atoms with Crippen LogP contribution >= 0.6 is 0 Å². The third kappa shape index (κ3) is 2.76. The van der Waals surface area contributed by atoms with Gasteiger partial charge in [0.2, 0.25) is 0 Å². The molecule has 0 fully saturated rings. The quantitative estimate of drug-likeness (QED) is 0.582. The van der Waals surface area contributed by atoms with E-state index in [2.05, 4.69) is 4.99 Å². The highest BCUT2D eigenvalue weighted by molar-refractivity contribution is 5.83. The highest BCUT2D eigenvalue weighted by atomic mass is 16.5. The molecule has 76 valence electrons. The lowest BCUT2D eigenvalue weighted by molar-refractivity contribution is 0.411. The SMILES string of the molecule is CCN=C(N)Cc1ccccc1OC. The van der Waals surface area contributed by atoms with Crippen molar-refractivity contribution in [1.82, 2.24) is 0 Å². The van der Waals surface area contributed by atoms with Crippen LogP contribution in [0, 0.1) is 0 Å². The summed E-state index contributed by atoms with van der Waals surface area (Å²) in [6, 6.07) is 7.83. The number of hydrogen-bond acceptors (Lipinski definition) is 2. The Hall–Kier alpha value is -1.51. The predicted molar refractivity (Wildman–Crippen MR) is 58.9 cm³/mol. The Labute approximate surface area is 84.6 Å². The second-order valence-electron chi connectivity index (χ2n) is 2.95. The maximum Gasteiger partial charge on any atom is 0.122 e. The molecule has 0 aliphatic carbocycles. The smallest absolute Gasteiger partial charge is 0.122 e. The van der Waals surface area contributed by atoms with Gasteiger partial charge in [-0.05, 0) is 13.0 Å². The van der Waals surface area contributed by atoms with Gasteiger partial charge in [0.25, 0.3) is 0 Å². The standard InChI is InChI=1S/C11H16N2O/c1-3-13-11(12)8-9-6-4-5-7-10(9)14-2/h4-7H,3,8H2,1-2H3,(H2,12,13). The van der Waals surface area contributed by atoms with Crippen molar-refractivity contribution in [2.75, 3.05) is 13.7 Å². The fourth-order valence-corrected chi connectivity index (χ4v) is 1.30. The van der Waals surface area contributed by atoms with Crippen LogP contribution in [-0.4, -0.2) is 19.5 Å². The number of methoxy groups -OCH3 is 1. The largest absolute Gasteiger partial charge is 0.496 e. The van der Waals surface area contributed by atoms with Crippen molar-refractivity contribution in [2.45, 2.75) is 13.3 Å². The molecule has 14 heavy (non-hydrogen) atoms. The van der Waals surface area contributed by atoms with Crippen molar-refractivity contribution in [3.8, 4) is 5.75 Å². The minimum Gasteiger partial charge on any atom is -0.496 e. The first-order chi connectivity index (χ1) is 6.77. The maximum absolute atomic E-state index is 5.73. The monoisotopic (exact) mass is 192 g/mol. The lowest BCUT2D eigenvalue weighted by Gasteiger charge is -2.07. The van der Waals surface area contributed by atoms with E-state index in [1.807, 2.05) is 31.2 Å². The molecule has 1 aromatic carbocycles. The molecule has 1 aromatic rings. The Morgan fingerprint density at radius 2 is 2.14 bits per heavy atom. The molecule has 0 radical (unpaired) electrons. The number of nitrogens with two attached hydrogens (primary N) is 1. The lowest BCUT2D eigenvalue weighted by Crippen LogP contribution is -2.15. The van der Waals surface area contributed by atoms with Gasteiger partial charge in [-0.25, -0.2) is 0 Å². The predicted octanol–water partition coefficient (Wildman–Crippen LogP) is 1.61. The highest BCUT2D eigenvalue weighted by Gasteiger charge is 2.02. The molecule has 1 rings (SSSR count). The summed E-state index contributed by atoms with van der Waals surface area (Å²) in [7, 11) is 1.66. The number of benzene rings is 1. The van der Waals surface area contributed by atoms with Gasteiger partial charge in [0, 0.05) is 18.5 Å². The molecule has 0 atom stereocenters. The zero-order chi connectivity index (χ0) is 10.4. The molecule has 3 nitrogen and oxygen atoms in total. The fourth-order valence-electron chi connectivity index (χ4n) is 1.30. The average molecular weight is 192 g/mol. The molecule has 0 bridgehead atoms. The van der Waals surface area contributed by atoms with E-state index in [9.17, 15) is 0 Å². The summed E-state index contributed by atoms with van der Waals surface area (Å²) in [5, 5.41) is 0. The fraction of sp³-hybridized carbons (Fsp3) is 0.364. The molecule has 0 aliphatic rings. The average Bonchev–Trinajstić information content (AvgIpc) is 2.19. The van der Waals surface area contributed by atoms with E-state index >= 15 is 0 Å². The van der Waals surface area contributed by atoms with Gasteiger partial charge in [-0.2, -0.15) is 0 Å². The van der Waals surface area contributed by atoms with Gasteiger partial charge < -0.3 is 10.5 Å². The molecule has 0 spiro atoms. The molecule has 3 heteroatoms. The Balaban J connectivity index is 2.80. The zero-order valence-electron chi connectivity index (χ0n) is 8.66. The van der Waals surface area contributed by atoms with Crippen LogP contribution < -0.4 is 10.5 Å². The summed E-state index contributed by atoms with van der Waals surface area (Å²) < 4.78 is 5.21. The van der Waals surface area contributed by atoms with E-state index in [0.29, 0.717) is 12.3 Å². The molecule has 0 saturated carbocycles. The number of amidine groups is 1. The van der Waals surface area contributed by atoms with Crippen LogP contribution in [0.1, 0.15) is 12.5 Å². The topological polar surface area (TPSA) is 47.6 Å². The Morgan fingerprint density at radius 3 is 2.79 bits per heavy atom. The molecule has 0 aromatic heterocycles. The van der Waals surface area contributed by atoms with E-state index in [0.717, 1.165) is 17.9 Å². The zero-order valence-corrected chi connectivity index (χ0v) is 8.66. The Bertz CT molecular complexity index is 321. The molecular weight excluding hydrogens is 176 g/mol. The first-order valence-corrected chi connectivity index (χ1v) is 4.68. The number of hydrogen-bond donors (Lipinski definition) is 1. The van der Waals surface area contributed by atoms with E-state index < -0.39 is 0 Å². The second kappa shape index (κ2) is 5.27. The third-order valence-corrected chi connectivity index (χ3v) is 1.93. The first kappa shape index (κ1) is 10.6. The molecule has 0 saturated heterocycles. The van der Waals surface area contributed by atoms with E-state index in [4.69, 9.17) is 10.5 Å². The number of ether oxygens (including phenoxy) is 1. The minimum absolute atomic E-state index is 0.650. The van der Waals surface area contributed by atoms with Crippen molar-refractivity contribution < 1.29 is 4.74 Å². The van der Waals surface area contributed by atoms with Crippen molar-refractivity contribution in [2.24, 2.45) is 10.7 Å². The van der Waals surface area contributed by atoms with Crippen molar-refractivity contribution in [1.29, 1.82) is 0 Å². The summed E-state index contributed by atoms with van der Waals surface area (Å²) in [4.78, 5) is 4.13. The van der Waals surface area contributed by atoms with Crippen molar-refractivity contribution in [3.63, 3.8) is 0 Å². The van der Waals surface area contributed by atoms with Gasteiger partial charge in [-0.1, -0.05) is 18.2 Å². The summed E-state index contributed by atoms with van der Waals surface area (Å²) in [6.45, 7) is 2.69. The molecule has 0 heterocycles. The van der Waals surface area contributed by atoms with Crippen LogP contribution in [0.4, 0.5) is 0 Å². The van der Waals surface area contributed by atoms with Crippen LogP contribution in [-0.2, 0) is 6.42 Å². The molecule has 2 N–H and O–H groups in total.